The summed E-state index contributed by atoms with van der Waals surface area (Å²) in [6.07, 6.45) is 3.56. The topological polar surface area (TPSA) is 57.2 Å². The van der Waals surface area contributed by atoms with E-state index in [9.17, 15) is 0 Å². The summed E-state index contributed by atoms with van der Waals surface area (Å²) in [7, 11) is 1.95. The minimum Gasteiger partial charge on any atom is -0.328 e. The van der Waals surface area contributed by atoms with E-state index in [2.05, 4.69) is 16.2 Å². The summed E-state index contributed by atoms with van der Waals surface area (Å²) in [5, 5.41) is 13.2. The molecule has 0 N–H and O–H groups in total. The summed E-state index contributed by atoms with van der Waals surface area (Å²) in [6, 6.07) is 11.5. The van der Waals surface area contributed by atoms with E-state index < -0.39 is 0 Å². The molecule has 1 aromatic carbocycles. The molecule has 5 nitrogen and oxygen atoms in total. The fraction of sp³-hybridized carbons (Fsp3) is 0.133. The molecule has 0 saturated heterocycles. The van der Waals surface area contributed by atoms with Crippen LogP contribution in [0.1, 0.15) is 11.3 Å². The molecule has 0 radical (unpaired) electrons. The minimum atomic E-state index is 0.647. The van der Waals surface area contributed by atoms with Crippen LogP contribution in [-0.4, -0.2) is 21.6 Å². The average Bonchev–Trinajstić information content (AvgIpc) is 2.86. The molecule has 0 aliphatic carbocycles. The zero-order valence-electron chi connectivity index (χ0n) is 11.3. The molecule has 98 valence electrons. The quantitative estimate of drug-likeness (QED) is 0.713. The second-order valence-corrected chi connectivity index (χ2v) is 4.58. The highest BCUT2D eigenvalue weighted by Gasteiger charge is 2.11. The average molecular weight is 263 g/mol. The predicted octanol–water partition coefficient (Wildman–Crippen LogP) is 2.68. The van der Waals surface area contributed by atoms with E-state index in [1.807, 2.05) is 47.8 Å². The lowest BCUT2D eigenvalue weighted by atomic mass is 10.2. The Hall–Kier alpha value is -2.87. The third-order valence-corrected chi connectivity index (χ3v) is 3.19. The molecule has 0 aliphatic rings. The Kier molecular flexibility index (Phi) is 2.84. The normalized spacial score (nSPS) is 10.4. The summed E-state index contributed by atoms with van der Waals surface area (Å²) in [6.45, 7) is 1.96. The van der Waals surface area contributed by atoms with Crippen LogP contribution in [0, 0.1) is 18.3 Å². The van der Waals surface area contributed by atoms with Gasteiger partial charge in [-0.15, -0.1) is 0 Å². The number of aryl methyl sites for hydroxylation is 1. The Morgan fingerprint density at radius 3 is 2.70 bits per heavy atom. The van der Waals surface area contributed by atoms with Gasteiger partial charge in [-0.05, 0) is 37.3 Å². The lowest BCUT2D eigenvalue weighted by molar-refractivity contribution is 0.917. The molecule has 3 rings (SSSR count). The number of hydrogen-bond acceptors (Lipinski definition) is 4. The Morgan fingerprint density at radius 2 is 2.00 bits per heavy atom. The summed E-state index contributed by atoms with van der Waals surface area (Å²) < 4.78 is 1.82. The van der Waals surface area contributed by atoms with Gasteiger partial charge in [-0.25, -0.2) is 9.50 Å². The summed E-state index contributed by atoms with van der Waals surface area (Å²) in [5.74, 6) is 0.831. The highest BCUT2D eigenvalue weighted by molar-refractivity contribution is 5.75. The second-order valence-electron chi connectivity index (χ2n) is 4.58. The van der Waals surface area contributed by atoms with Gasteiger partial charge in [-0.1, -0.05) is 0 Å². The highest BCUT2D eigenvalue weighted by atomic mass is 15.3. The van der Waals surface area contributed by atoms with E-state index >= 15 is 0 Å². The van der Waals surface area contributed by atoms with Crippen LogP contribution < -0.4 is 4.90 Å². The van der Waals surface area contributed by atoms with Crippen molar-refractivity contribution < 1.29 is 0 Å². The van der Waals surface area contributed by atoms with E-state index in [1.54, 1.807) is 18.3 Å². The lowest BCUT2D eigenvalue weighted by Crippen LogP contribution is -2.12. The van der Waals surface area contributed by atoms with Gasteiger partial charge in [0.1, 0.15) is 5.52 Å². The van der Waals surface area contributed by atoms with Crippen molar-refractivity contribution in [3.8, 4) is 6.07 Å². The first-order valence-corrected chi connectivity index (χ1v) is 6.24. The monoisotopic (exact) mass is 263 g/mol. The molecule has 5 heteroatoms. The summed E-state index contributed by atoms with van der Waals surface area (Å²) >= 11 is 0. The van der Waals surface area contributed by atoms with Crippen molar-refractivity contribution in [1.29, 1.82) is 5.26 Å². The van der Waals surface area contributed by atoms with Crippen molar-refractivity contribution in [2.24, 2.45) is 0 Å². The van der Waals surface area contributed by atoms with E-state index in [0.717, 1.165) is 22.7 Å². The minimum absolute atomic E-state index is 0.647. The predicted molar refractivity (Wildman–Crippen MR) is 76.9 cm³/mol. The number of nitriles is 1. The Bertz CT molecular complexity index is 795. The first-order valence-electron chi connectivity index (χ1n) is 6.24. The van der Waals surface area contributed by atoms with Crippen LogP contribution in [0.4, 0.5) is 11.5 Å². The number of rotatable bonds is 2. The number of anilines is 2. The van der Waals surface area contributed by atoms with Crippen molar-refractivity contribution in [3.63, 3.8) is 0 Å². The third-order valence-electron chi connectivity index (χ3n) is 3.19. The molecule has 2 heterocycles. The Morgan fingerprint density at radius 1 is 1.25 bits per heavy atom. The standard InChI is InChI=1S/C15H13N5/c1-11-9-14-15(17-7-8-20(14)18-11)19(2)13-5-3-12(10-16)4-6-13/h3-9H,1-2H3. The lowest BCUT2D eigenvalue weighted by Gasteiger charge is -2.18. The number of hydrogen-bond donors (Lipinski definition) is 0. The number of benzene rings is 1. The van der Waals surface area contributed by atoms with E-state index in [-0.39, 0.29) is 0 Å². The largest absolute Gasteiger partial charge is 0.328 e. The molecule has 20 heavy (non-hydrogen) atoms. The molecule has 0 atom stereocenters. The fourth-order valence-electron chi connectivity index (χ4n) is 2.17. The SMILES string of the molecule is Cc1cc2c(N(C)c3ccc(C#N)cc3)nccn2n1. The molecule has 3 aromatic rings. The van der Waals surface area contributed by atoms with Gasteiger partial charge < -0.3 is 4.90 Å². The first kappa shape index (κ1) is 12.2. The van der Waals surface area contributed by atoms with Crippen molar-refractivity contribution in [2.75, 3.05) is 11.9 Å². The maximum absolute atomic E-state index is 8.84. The van der Waals surface area contributed by atoms with Crippen LogP contribution in [0.25, 0.3) is 5.52 Å². The van der Waals surface area contributed by atoms with E-state index in [0.29, 0.717) is 5.56 Å². The van der Waals surface area contributed by atoms with Gasteiger partial charge in [0.25, 0.3) is 0 Å². The molecule has 0 unspecified atom stereocenters. The molecule has 0 aliphatic heterocycles. The fourth-order valence-corrected chi connectivity index (χ4v) is 2.17. The van der Waals surface area contributed by atoms with E-state index in [4.69, 9.17) is 5.26 Å². The zero-order valence-corrected chi connectivity index (χ0v) is 11.3. The van der Waals surface area contributed by atoms with Gasteiger partial charge >= 0.3 is 0 Å². The van der Waals surface area contributed by atoms with Gasteiger partial charge in [0.2, 0.25) is 0 Å². The van der Waals surface area contributed by atoms with Crippen LogP contribution in [0.2, 0.25) is 0 Å². The number of nitrogens with zero attached hydrogens (tertiary/aromatic N) is 5. The van der Waals surface area contributed by atoms with Gasteiger partial charge in [-0.3, -0.25) is 0 Å². The molecule has 0 saturated carbocycles. The van der Waals surface area contributed by atoms with Gasteiger partial charge in [0, 0.05) is 25.1 Å². The Labute approximate surface area is 116 Å². The van der Waals surface area contributed by atoms with Gasteiger partial charge in [0.15, 0.2) is 5.82 Å². The van der Waals surface area contributed by atoms with Crippen molar-refractivity contribution in [3.05, 3.63) is 54.0 Å². The molecule has 0 bridgehead atoms. The molecule has 0 amide bonds. The smallest absolute Gasteiger partial charge is 0.158 e. The Balaban J connectivity index is 2.07. The van der Waals surface area contributed by atoms with Crippen molar-refractivity contribution >= 4 is 17.0 Å². The van der Waals surface area contributed by atoms with Crippen LogP contribution in [0.15, 0.2) is 42.7 Å². The number of fused-ring (bicyclic) bond motifs is 1. The second kappa shape index (κ2) is 4.67. The molecular weight excluding hydrogens is 250 g/mol. The van der Waals surface area contributed by atoms with E-state index in [1.165, 1.54) is 0 Å². The van der Waals surface area contributed by atoms with Gasteiger partial charge in [-0.2, -0.15) is 10.4 Å². The third kappa shape index (κ3) is 1.97. The summed E-state index contributed by atoms with van der Waals surface area (Å²) in [5.41, 5.74) is 3.53. The molecule has 0 spiro atoms. The van der Waals surface area contributed by atoms with Crippen molar-refractivity contribution in [1.82, 2.24) is 14.6 Å². The van der Waals surface area contributed by atoms with Crippen LogP contribution in [0.3, 0.4) is 0 Å². The zero-order chi connectivity index (χ0) is 14.1. The van der Waals surface area contributed by atoms with Gasteiger partial charge in [0.05, 0.1) is 17.3 Å². The molecular formula is C15H13N5. The summed E-state index contributed by atoms with van der Waals surface area (Å²) in [4.78, 5) is 6.42. The maximum Gasteiger partial charge on any atom is 0.158 e. The van der Waals surface area contributed by atoms with Crippen LogP contribution in [-0.2, 0) is 0 Å². The maximum atomic E-state index is 8.84. The van der Waals surface area contributed by atoms with Crippen LogP contribution in [0.5, 0.6) is 0 Å². The van der Waals surface area contributed by atoms with Crippen molar-refractivity contribution in [2.45, 2.75) is 6.92 Å². The number of aromatic nitrogens is 3. The van der Waals surface area contributed by atoms with Crippen LogP contribution >= 0.6 is 0 Å². The molecule has 0 fully saturated rings. The highest BCUT2D eigenvalue weighted by Crippen LogP contribution is 2.26. The first-order chi connectivity index (χ1) is 9.69. The molecule has 2 aromatic heterocycles.